The maximum Gasteiger partial charge on any atom is 0.303 e. The number of likely N-dealkylation sites (tertiary alicyclic amines) is 1. The Morgan fingerprint density at radius 1 is 1.20 bits per heavy atom. The normalized spacial score (nSPS) is 16.1. The lowest BCUT2D eigenvalue weighted by molar-refractivity contribution is -0.141. The molecule has 0 aliphatic carbocycles. The number of thioether (sulfide) groups is 1. The number of aliphatic hydroxyl groups is 1. The summed E-state index contributed by atoms with van der Waals surface area (Å²) in [6.07, 6.45) is 3.06. The third-order valence-corrected chi connectivity index (χ3v) is 8.92. The molecule has 1 aromatic heterocycles. The Balaban J connectivity index is 1.43. The van der Waals surface area contributed by atoms with E-state index in [0.29, 0.717) is 62.9 Å². The number of methoxy groups -OCH3 is 1. The Labute approximate surface area is 242 Å². The number of halogens is 3. The zero-order valence-electron chi connectivity index (χ0n) is 23.5. The molecule has 4 rings (SSSR count). The molecule has 1 aliphatic heterocycles. The standard InChI is InChI=1S/C30H36F3N3O4S/c1-35(2)24-18-34-23-5-4-20(40-3)16-21(23)28(24)25(37)6-7-30(17-27(38)39)8-10-36(11-9-30)12-13-41-26-15-19(31)14-22(32)29(26)33/h4-5,14-16,18,25,37H,6-13,17H2,1-3H3,(H,38,39)/t25-/m1/s1. The molecule has 0 spiro atoms. The predicted molar refractivity (Wildman–Crippen MR) is 154 cm³/mol. The monoisotopic (exact) mass is 591 g/mol. The van der Waals surface area contributed by atoms with Crippen molar-refractivity contribution in [2.45, 2.75) is 43.1 Å². The molecule has 7 nitrogen and oxygen atoms in total. The van der Waals surface area contributed by atoms with Crippen molar-refractivity contribution in [1.82, 2.24) is 9.88 Å². The highest BCUT2D eigenvalue weighted by atomic mass is 32.2. The number of rotatable bonds is 12. The number of pyridine rings is 1. The van der Waals surface area contributed by atoms with Crippen molar-refractivity contribution in [2.75, 3.05) is 51.5 Å². The number of benzene rings is 2. The number of aromatic nitrogens is 1. The third kappa shape index (κ3) is 7.44. The fourth-order valence-electron chi connectivity index (χ4n) is 5.61. The summed E-state index contributed by atoms with van der Waals surface area (Å²) in [6, 6.07) is 7.05. The minimum absolute atomic E-state index is 0.00153. The minimum Gasteiger partial charge on any atom is -0.497 e. The molecule has 0 unspecified atom stereocenters. The summed E-state index contributed by atoms with van der Waals surface area (Å²) in [7, 11) is 5.36. The van der Waals surface area contributed by atoms with Crippen molar-refractivity contribution in [3.8, 4) is 5.75 Å². The van der Waals surface area contributed by atoms with E-state index in [1.165, 1.54) is 0 Å². The molecule has 0 amide bonds. The van der Waals surface area contributed by atoms with Gasteiger partial charge in [-0.2, -0.15) is 0 Å². The molecule has 0 saturated carbocycles. The predicted octanol–water partition coefficient (Wildman–Crippen LogP) is 5.89. The van der Waals surface area contributed by atoms with Gasteiger partial charge in [-0.3, -0.25) is 9.78 Å². The maximum absolute atomic E-state index is 14.0. The SMILES string of the molecule is COc1ccc2ncc(N(C)C)c([C@H](O)CCC3(CC(=O)O)CCN(CCSc4cc(F)cc(F)c4F)CC3)c2c1. The lowest BCUT2D eigenvalue weighted by atomic mass is 9.71. The largest absolute Gasteiger partial charge is 0.497 e. The zero-order chi connectivity index (χ0) is 29.7. The number of carboxylic acids is 1. The van der Waals surface area contributed by atoms with Crippen LogP contribution in [0.2, 0.25) is 0 Å². The molecule has 1 atom stereocenters. The van der Waals surface area contributed by atoms with Crippen LogP contribution in [-0.2, 0) is 4.79 Å². The molecule has 41 heavy (non-hydrogen) atoms. The van der Waals surface area contributed by atoms with Crippen LogP contribution in [0.15, 0.2) is 41.4 Å². The molecule has 222 valence electrons. The minimum atomic E-state index is -1.21. The summed E-state index contributed by atoms with van der Waals surface area (Å²) in [5.74, 6) is -2.85. The van der Waals surface area contributed by atoms with Crippen LogP contribution in [0.5, 0.6) is 5.75 Å². The van der Waals surface area contributed by atoms with E-state index < -0.39 is 34.9 Å². The Kier molecular flexibility index (Phi) is 10.0. The van der Waals surface area contributed by atoms with Gasteiger partial charge in [-0.25, -0.2) is 13.2 Å². The molecular formula is C30H36F3N3O4S. The van der Waals surface area contributed by atoms with Crippen molar-refractivity contribution >= 4 is 34.3 Å². The van der Waals surface area contributed by atoms with Gasteiger partial charge in [0.2, 0.25) is 0 Å². The van der Waals surface area contributed by atoms with Crippen LogP contribution in [0.25, 0.3) is 10.9 Å². The molecule has 3 aromatic rings. The van der Waals surface area contributed by atoms with E-state index in [9.17, 15) is 28.2 Å². The summed E-state index contributed by atoms with van der Waals surface area (Å²) in [5, 5.41) is 22.0. The average Bonchev–Trinajstić information content (AvgIpc) is 2.94. The number of hydrogen-bond acceptors (Lipinski definition) is 7. The van der Waals surface area contributed by atoms with Gasteiger partial charge in [-0.15, -0.1) is 11.8 Å². The lowest BCUT2D eigenvalue weighted by Gasteiger charge is -2.41. The molecule has 2 heterocycles. The maximum atomic E-state index is 14.0. The van der Waals surface area contributed by atoms with Crippen LogP contribution in [0.4, 0.5) is 18.9 Å². The Morgan fingerprint density at radius 3 is 2.59 bits per heavy atom. The number of carboxylic acid groups (broad SMARTS) is 1. The summed E-state index contributed by atoms with van der Waals surface area (Å²) >= 11 is 1.06. The van der Waals surface area contributed by atoms with Crippen LogP contribution in [0.1, 0.15) is 43.8 Å². The van der Waals surface area contributed by atoms with Gasteiger partial charge in [0.05, 0.1) is 37.0 Å². The van der Waals surface area contributed by atoms with Gasteiger partial charge in [0.15, 0.2) is 11.6 Å². The topological polar surface area (TPSA) is 86.1 Å². The van der Waals surface area contributed by atoms with Crippen molar-refractivity contribution in [3.63, 3.8) is 0 Å². The lowest BCUT2D eigenvalue weighted by Crippen LogP contribution is -2.42. The number of hydrogen-bond donors (Lipinski definition) is 2. The fraction of sp³-hybridized carbons (Fsp3) is 0.467. The van der Waals surface area contributed by atoms with Crippen LogP contribution >= 0.6 is 11.8 Å². The summed E-state index contributed by atoms with van der Waals surface area (Å²) in [5.41, 5.74) is 1.78. The summed E-state index contributed by atoms with van der Waals surface area (Å²) in [6.45, 7) is 1.86. The van der Waals surface area contributed by atoms with Gasteiger partial charge in [-0.1, -0.05) is 0 Å². The van der Waals surface area contributed by atoms with E-state index in [1.54, 1.807) is 13.3 Å². The number of nitrogens with zero attached hydrogens (tertiary/aromatic N) is 3. The highest BCUT2D eigenvalue weighted by Gasteiger charge is 2.37. The van der Waals surface area contributed by atoms with E-state index in [4.69, 9.17) is 4.74 Å². The number of aliphatic carboxylic acids is 1. The van der Waals surface area contributed by atoms with E-state index in [-0.39, 0.29) is 11.3 Å². The Bertz CT molecular complexity index is 1380. The number of anilines is 1. The van der Waals surface area contributed by atoms with Gasteiger partial charge in [0, 0.05) is 48.3 Å². The first-order valence-electron chi connectivity index (χ1n) is 13.6. The van der Waals surface area contributed by atoms with Gasteiger partial charge in [0.1, 0.15) is 11.6 Å². The van der Waals surface area contributed by atoms with E-state index in [0.717, 1.165) is 40.0 Å². The average molecular weight is 592 g/mol. The van der Waals surface area contributed by atoms with Crippen LogP contribution in [-0.4, -0.2) is 72.7 Å². The van der Waals surface area contributed by atoms with Crippen molar-refractivity contribution < 1.29 is 32.9 Å². The van der Waals surface area contributed by atoms with E-state index in [2.05, 4.69) is 9.88 Å². The molecule has 1 fully saturated rings. The third-order valence-electron chi connectivity index (χ3n) is 7.93. The number of fused-ring (bicyclic) bond motifs is 1. The highest BCUT2D eigenvalue weighted by Crippen LogP contribution is 2.43. The quantitative estimate of drug-likeness (QED) is 0.199. The Morgan fingerprint density at radius 2 is 1.93 bits per heavy atom. The van der Waals surface area contributed by atoms with Gasteiger partial charge in [-0.05, 0) is 68.5 Å². The van der Waals surface area contributed by atoms with Crippen molar-refractivity contribution in [1.29, 1.82) is 0 Å². The molecule has 1 aliphatic rings. The second-order valence-corrected chi connectivity index (χ2v) is 12.0. The van der Waals surface area contributed by atoms with Crippen LogP contribution in [0, 0.1) is 22.9 Å². The molecule has 2 aromatic carbocycles. The van der Waals surface area contributed by atoms with Crippen LogP contribution in [0.3, 0.4) is 0 Å². The fourth-order valence-corrected chi connectivity index (χ4v) is 6.60. The first-order valence-corrected chi connectivity index (χ1v) is 14.5. The smallest absolute Gasteiger partial charge is 0.303 e. The summed E-state index contributed by atoms with van der Waals surface area (Å²) < 4.78 is 46.4. The first-order chi connectivity index (χ1) is 19.5. The van der Waals surface area contributed by atoms with Gasteiger partial charge in [0.25, 0.3) is 0 Å². The molecule has 0 radical (unpaired) electrons. The Hall–Kier alpha value is -3.02. The number of piperidine rings is 1. The molecule has 11 heteroatoms. The van der Waals surface area contributed by atoms with E-state index >= 15 is 0 Å². The second-order valence-electron chi connectivity index (χ2n) is 10.8. The first kappa shape index (κ1) is 30.9. The number of aliphatic hydroxyl groups excluding tert-OH is 1. The molecule has 1 saturated heterocycles. The molecular weight excluding hydrogens is 555 g/mol. The van der Waals surface area contributed by atoms with Crippen molar-refractivity contribution in [3.05, 3.63) is 59.5 Å². The van der Waals surface area contributed by atoms with E-state index in [1.807, 2.05) is 37.2 Å². The highest BCUT2D eigenvalue weighted by molar-refractivity contribution is 7.99. The number of ether oxygens (including phenoxy) is 1. The molecule has 2 N–H and O–H groups in total. The van der Waals surface area contributed by atoms with Crippen LogP contribution < -0.4 is 9.64 Å². The zero-order valence-corrected chi connectivity index (χ0v) is 24.3. The molecule has 0 bridgehead atoms. The number of carbonyl (C=O) groups is 1. The second kappa shape index (κ2) is 13.3. The summed E-state index contributed by atoms with van der Waals surface area (Å²) in [4.78, 5) is 20.4. The van der Waals surface area contributed by atoms with Gasteiger partial charge >= 0.3 is 5.97 Å². The van der Waals surface area contributed by atoms with Gasteiger partial charge < -0.3 is 24.7 Å². The van der Waals surface area contributed by atoms with Crippen molar-refractivity contribution in [2.24, 2.45) is 5.41 Å².